The number of hydrogen-bond acceptors (Lipinski definition) is 4. The monoisotopic (exact) mass is 444 g/mol. The third-order valence-corrected chi connectivity index (χ3v) is 6.16. The number of nitrogens with zero attached hydrogens (tertiary/aromatic N) is 2. The Bertz CT molecular complexity index is 1200. The first kappa shape index (κ1) is 22.5. The van der Waals surface area contributed by atoms with E-state index in [4.69, 9.17) is 0 Å². The van der Waals surface area contributed by atoms with Crippen LogP contribution in [0.3, 0.4) is 0 Å². The Hall–Kier alpha value is -3.74. The highest BCUT2D eigenvalue weighted by molar-refractivity contribution is 6.09. The summed E-state index contributed by atoms with van der Waals surface area (Å²) < 4.78 is 0. The minimum absolute atomic E-state index is 0.321. The first-order valence-corrected chi connectivity index (χ1v) is 11.1. The number of para-hydroxylation sites is 1. The largest absolute Gasteiger partial charge is 0.354 e. The second-order valence-electron chi connectivity index (χ2n) is 8.82. The van der Waals surface area contributed by atoms with Crippen LogP contribution < -0.4 is 10.6 Å². The highest BCUT2D eigenvalue weighted by atomic mass is 16.2. The average molecular weight is 445 g/mol. The summed E-state index contributed by atoms with van der Waals surface area (Å²) in [4.78, 5) is 43.5. The van der Waals surface area contributed by atoms with Crippen LogP contribution in [0.5, 0.6) is 0 Å². The van der Waals surface area contributed by atoms with Crippen LogP contribution in [0.4, 0.5) is 4.79 Å². The zero-order valence-corrected chi connectivity index (χ0v) is 19.1. The van der Waals surface area contributed by atoms with E-state index in [1.807, 2.05) is 54.6 Å². The quantitative estimate of drug-likeness (QED) is 0.546. The van der Waals surface area contributed by atoms with Crippen molar-refractivity contribution < 1.29 is 14.4 Å². The first-order valence-electron chi connectivity index (χ1n) is 11.1. The lowest BCUT2D eigenvalue weighted by molar-refractivity contribution is -0.134. The molecule has 0 aliphatic carbocycles. The van der Waals surface area contributed by atoms with Crippen molar-refractivity contribution in [3.63, 3.8) is 0 Å². The Morgan fingerprint density at radius 2 is 1.82 bits per heavy atom. The van der Waals surface area contributed by atoms with Gasteiger partial charge in [-0.15, -0.1) is 0 Å². The normalized spacial score (nSPS) is 18.1. The van der Waals surface area contributed by atoms with Crippen molar-refractivity contribution in [2.24, 2.45) is 0 Å². The Morgan fingerprint density at radius 1 is 1.09 bits per heavy atom. The summed E-state index contributed by atoms with van der Waals surface area (Å²) in [7, 11) is 0. The van der Waals surface area contributed by atoms with Crippen molar-refractivity contribution in [1.82, 2.24) is 20.5 Å². The fourth-order valence-corrected chi connectivity index (χ4v) is 4.14. The molecule has 2 aromatic carbocycles. The van der Waals surface area contributed by atoms with Crippen molar-refractivity contribution in [2.75, 3.05) is 13.1 Å². The first-order chi connectivity index (χ1) is 15.8. The highest BCUT2D eigenvalue weighted by Gasteiger charge is 2.49. The second-order valence-corrected chi connectivity index (χ2v) is 8.82. The van der Waals surface area contributed by atoms with Crippen LogP contribution in [0.2, 0.25) is 0 Å². The smallest absolute Gasteiger partial charge is 0.325 e. The Morgan fingerprint density at radius 3 is 2.55 bits per heavy atom. The summed E-state index contributed by atoms with van der Waals surface area (Å²) in [6, 6.07) is 16.9. The molecule has 1 atom stereocenters. The number of pyridine rings is 1. The molecule has 0 bridgehead atoms. The number of hydrogen-bond donors (Lipinski definition) is 2. The molecular formula is C26H28N4O3. The number of aromatic nitrogens is 1. The SMILES string of the molecule is CC(C)c1ccc(C2(C)NC(=O)N(CC(=O)NCCc3cccc4cccnc34)C2=O)cc1. The second kappa shape index (κ2) is 9.02. The van der Waals surface area contributed by atoms with E-state index in [0.29, 0.717) is 24.4 Å². The molecule has 170 valence electrons. The fraction of sp³-hybridized carbons (Fsp3) is 0.308. The van der Waals surface area contributed by atoms with Gasteiger partial charge in [0.15, 0.2) is 0 Å². The molecular weight excluding hydrogens is 416 g/mol. The Kier molecular flexibility index (Phi) is 6.14. The maximum atomic E-state index is 13.1. The number of nitrogens with one attached hydrogen (secondary N) is 2. The molecule has 1 fully saturated rings. The predicted octanol–water partition coefficient (Wildman–Crippen LogP) is 3.48. The zero-order valence-electron chi connectivity index (χ0n) is 19.1. The van der Waals surface area contributed by atoms with Crippen molar-refractivity contribution in [1.29, 1.82) is 0 Å². The van der Waals surface area contributed by atoms with E-state index in [1.54, 1.807) is 13.1 Å². The number of amides is 4. The van der Waals surface area contributed by atoms with Crippen molar-refractivity contribution in [3.8, 4) is 0 Å². The van der Waals surface area contributed by atoms with Gasteiger partial charge in [-0.3, -0.25) is 19.5 Å². The molecule has 0 spiro atoms. The molecule has 1 unspecified atom stereocenters. The zero-order chi connectivity index (χ0) is 23.6. The van der Waals surface area contributed by atoms with Crippen LogP contribution >= 0.6 is 0 Å². The van der Waals surface area contributed by atoms with Crippen molar-refractivity contribution >= 4 is 28.7 Å². The molecule has 0 saturated carbocycles. The summed E-state index contributed by atoms with van der Waals surface area (Å²) in [5.74, 6) is -0.449. The molecule has 2 N–H and O–H groups in total. The van der Waals surface area contributed by atoms with Gasteiger partial charge in [0, 0.05) is 18.1 Å². The molecule has 1 saturated heterocycles. The van der Waals surface area contributed by atoms with Crippen LogP contribution in [-0.2, 0) is 21.5 Å². The minimum Gasteiger partial charge on any atom is -0.354 e. The third-order valence-electron chi connectivity index (χ3n) is 6.16. The molecule has 1 aliphatic rings. The fourth-order valence-electron chi connectivity index (χ4n) is 4.14. The van der Waals surface area contributed by atoms with Crippen LogP contribution in [-0.4, -0.2) is 40.8 Å². The van der Waals surface area contributed by atoms with Gasteiger partial charge in [0.05, 0.1) is 5.52 Å². The number of urea groups is 1. The molecule has 0 radical (unpaired) electrons. The van der Waals surface area contributed by atoms with Gasteiger partial charge in [-0.1, -0.05) is 62.4 Å². The topological polar surface area (TPSA) is 91.4 Å². The van der Waals surface area contributed by atoms with E-state index >= 15 is 0 Å². The lowest BCUT2D eigenvalue weighted by Crippen LogP contribution is -2.43. The van der Waals surface area contributed by atoms with Gasteiger partial charge in [-0.05, 0) is 42.0 Å². The number of fused-ring (bicyclic) bond motifs is 1. The van der Waals surface area contributed by atoms with E-state index in [2.05, 4.69) is 29.5 Å². The average Bonchev–Trinajstić information content (AvgIpc) is 3.03. The number of carbonyl (C=O) groups is 3. The van der Waals surface area contributed by atoms with Crippen LogP contribution in [0.15, 0.2) is 60.8 Å². The van der Waals surface area contributed by atoms with Gasteiger partial charge >= 0.3 is 6.03 Å². The van der Waals surface area contributed by atoms with Crippen molar-refractivity contribution in [2.45, 2.75) is 38.6 Å². The van der Waals surface area contributed by atoms with Gasteiger partial charge in [0.25, 0.3) is 5.91 Å². The highest BCUT2D eigenvalue weighted by Crippen LogP contribution is 2.29. The van der Waals surface area contributed by atoms with Crippen molar-refractivity contribution in [3.05, 3.63) is 77.5 Å². The van der Waals surface area contributed by atoms with E-state index in [1.165, 1.54) is 0 Å². The maximum absolute atomic E-state index is 13.1. The molecule has 1 aliphatic heterocycles. The van der Waals surface area contributed by atoms with E-state index in [9.17, 15) is 14.4 Å². The number of carbonyl (C=O) groups excluding carboxylic acids is 3. The predicted molar refractivity (Wildman–Crippen MR) is 127 cm³/mol. The van der Waals surface area contributed by atoms with Gasteiger partial charge in [0.1, 0.15) is 12.1 Å². The summed E-state index contributed by atoms with van der Waals surface area (Å²) in [5.41, 5.74) is 2.58. The molecule has 7 nitrogen and oxygen atoms in total. The Balaban J connectivity index is 1.38. The maximum Gasteiger partial charge on any atom is 0.325 e. The van der Waals surface area contributed by atoms with Gasteiger partial charge in [-0.2, -0.15) is 0 Å². The number of benzene rings is 2. The molecule has 1 aromatic heterocycles. The van der Waals surface area contributed by atoms with E-state index in [-0.39, 0.29) is 12.5 Å². The summed E-state index contributed by atoms with van der Waals surface area (Å²) in [6.07, 6.45) is 2.34. The Labute approximate surface area is 193 Å². The van der Waals surface area contributed by atoms with Crippen LogP contribution in [0.1, 0.15) is 43.4 Å². The lowest BCUT2D eigenvalue weighted by Gasteiger charge is -2.22. The summed E-state index contributed by atoms with van der Waals surface area (Å²) in [6.45, 7) is 5.92. The van der Waals surface area contributed by atoms with Crippen LogP contribution in [0, 0.1) is 0 Å². The molecule has 2 heterocycles. The summed E-state index contributed by atoms with van der Waals surface area (Å²) >= 11 is 0. The molecule has 33 heavy (non-hydrogen) atoms. The molecule has 4 rings (SSSR count). The van der Waals surface area contributed by atoms with E-state index in [0.717, 1.165) is 26.9 Å². The number of imide groups is 1. The van der Waals surface area contributed by atoms with Gasteiger partial charge in [0.2, 0.25) is 5.91 Å². The van der Waals surface area contributed by atoms with Gasteiger partial charge < -0.3 is 10.6 Å². The number of rotatable bonds is 7. The third kappa shape index (κ3) is 4.44. The molecule has 3 aromatic rings. The van der Waals surface area contributed by atoms with E-state index < -0.39 is 17.5 Å². The lowest BCUT2D eigenvalue weighted by atomic mass is 9.90. The van der Waals surface area contributed by atoms with Crippen LogP contribution in [0.25, 0.3) is 10.9 Å². The minimum atomic E-state index is -1.19. The standard InChI is InChI=1S/C26H28N4O3/c1-17(2)18-9-11-21(12-10-18)26(3)24(32)30(25(33)29-26)16-22(31)27-15-13-20-7-4-6-19-8-5-14-28-23(19)20/h4-12,14,17H,13,15-16H2,1-3H3,(H,27,31)(H,29,33). The molecule has 7 heteroatoms. The molecule has 4 amide bonds. The van der Waals surface area contributed by atoms with Gasteiger partial charge in [-0.25, -0.2) is 4.79 Å². The summed E-state index contributed by atoms with van der Waals surface area (Å²) in [5, 5.41) is 6.60.